The summed E-state index contributed by atoms with van der Waals surface area (Å²) < 4.78 is 0. The fraction of sp³-hybridized carbons (Fsp3) is 0.800. The zero-order valence-corrected chi connectivity index (χ0v) is 8.79. The molecule has 1 atom stereocenters. The van der Waals surface area contributed by atoms with Crippen molar-refractivity contribution in [3.63, 3.8) is 0 Å². The Balaban J connectivity index is 1.86. The number of carbonyl (C=O) groups excluding carboxylic acids is 2. The lowest BCUT2D eigenvalue weighted by atomic mass is 9.99. The monoisotopic (exact) mass is 211 g/mol. The topological polar surface area (TPSA) is 61.4 Å². The van der Waals surface area contributed by atoms with Gasteiger partial charge in [0.1, 0.15) is 0 Å². The zero-order valence-electron chi connectivity index (χ0n) is 8.79. The molecule has 0 aromatic rings. The van der Waals surface area contributed by atoms with Gasteiger partial charge in [0.05, 0.1) is 0 Å². The molecule has 15 heavy (non-hydrogen) atoms. The molecule has 0 aromatic carbocycles. The third kappa shape index (κ3) is 2.47. The molecule has 0 aliphatic carbocycles. The summed E-state index contributed by atoms with van der Waals surface area (Å²) in [5.74, 6) is -0.314. The third-order valence-corrected chi connectivity index (χ3v) is 3.03. The first-order valence-corrected chi connectivity index (χ1v) is 5.55. The molecular weight excluding hydrogens is 194 g/mol. The van der Waals surface area contributed by atoms with E-state index < -0.39 is 5.91 Å². The Labute approximate surface area is 89.2 Å². The summed E-state index contributed by atoms with van der Waals surface area (Å²) in [5.41, 5.74) is 0. The van der Waals surface area contributed by atoms with Gasteiger partial charge in [0.15, 0.2) is 0 Å². The Morgan fingerprint density at radius 3 is 2.93 bits per heavy atom. The molecule has 0 radical (unpaired) electrons. The molecule has 0 aromatic heterocycles. The number of rotatable bonds is 2. The second kappa shape index (κ2) is 4.61. The maximum Gasteiger partial charge on any atom is 0.311 e. The van der Waals surface area contributed by atoms with Gasteiger partial charge >= 0.3 is 11.8 Å². The minimum atomic E-state index is -0.454. The van der Waals surface area contributed by atoms with Crippen molar-refractivity contribution in [2.45, 2.75) is 12.8 Å². The van der Waals surface area contributed by atoms with Crippen LogP contribution in [0.4, 0.5) is 0 Å². The van der Waals surface area contributed by atoms with Crippen LogP contribution in [0.1, 0.15) is 12.8 Å². The van der Waals surface area contributed by atoms with Crippen molar-refractivity contribution in [3.8, 4) is 0 Å². The van der Waals surface area contributed by atoms with Crippen molar-refractivity contribution in [2.24, 2.45) is 5.92 Å². The maximum absolute atomic E-state index is 11.5. The molecule has 84 valence electrons. The molecule has 2 aliphatic rings. The van der Waals surface area contributed by atoms with Gasteiger partial charge in [0, 0.05) is 19.6 Å². The van der Waals surface area contributed by atoms with Crippen molar-refractivity contribution >= 4 is 11.8 Å². The summed E-state index contributed by atoms with van der Waals surface area (Å²) in [7, 11) is 0. The van der Waals surface area contributed by atoms with Crippen LogP contribution in [0, 0.1) is 5.92 Å². The van der Waals surface area contributed by atoms with Crippen LogP contribution in [-0.4, -0.2) is 49.4 Å². The van der Waals surface area contributed by atoms with Crippen LogP contribution in [0.2, 0.25) is 0 Å². The molecule has 2 N–H and O–H groups in total. The highest BCUT2D eigenvalue weighted by Gasteiger charge is 2.28. The third-order valence-electron chi connectivity index (χ3n) is 3.03. The molecule has 0 spiro atoms. The van der Waals surface area contributed by atoms with Crippen molar-refractivity contribution in [1.29, 1.82) is 0 Å². The summed E-state index contributed by atoms with van der Waals surface area (Å²) in [6.45, 7) is 4.00. The Kier molecular flexibility index (Phi) is 3.20. The normalized spacial score (nSPS) is 27.7. The van der Waals surface area contributed by atoms with Crippen LogP contribution in [0.5, 0.6) is 0 Å². The number of amides is 2. The van der Waals surface area contributed by atoms with E-state index in [9.17, 15) is 9.59 Å². The lowest BCUT2D eigenvalue weighted by Crippen LogP contribution is -2.54. The number of nitrogens with zero attached hydrogens (tertiary/aromatic N) is 1. The summed E-state index contributed by atoms with van der Waals surface area (Å²) >= 11 is 0. The van der Waals surface area contributed by atoms with Crippen LogP contribution >= 0.6 is 0 Å². The lowest BCUT2D eigenvalue weighted by Gasteiger charge is -2.32. The number of piperazine rings is 1. The highest BCUT2D eigenvalue weighted by atomic mass is 16.2. The van der Waals surface area contributed by atoms with Crippen molar-refractivity contribution in [1.82, 2.24) is 15.5 Å². The van der Waals surface area contributed by atoms with Crippen molar-refractivity contribution < 1.29 is 9.59 Å². The van der Waals surface area contributed by atoms with E-state index in [0.29, 0.717) is 19.0 Å². The Bertz CT molecular complexity index is 261. The fourth-order valence-electron chi connectivity index (χ4n) is 2.19. The first kappa shape index (κ1) is 10.4. The van der Waals surface area contributed by atoms with Gasteiger partial charge in [-0.3, -0.25) is 9.59 Å². The van der Waals surface area contributed by atoms with Gasteiger partial charge in [-0.1, -0.05) is 0 Å². The molecule has 2 fully saturated rings. The van der Waals surface area contributed by atoms with Gasteiger partial charge in [-0.25, -0.2) is 0 Å². The molecule has 2 aliphatic heterocycles. The maximum atomic E-state index is 11.5. The molecule has 1 unspecified atom stereocenters. The fourth-order valence-corrected chi connectivity index (χ4v) is 2.19. The van der Waals surface area contributed by atoms with Gasteiger partial charge in [-0.2, -0.15) is 0 Å². The Hall–Kier alpha value is -1.10. The van der Waals surface area contributed by atoms with Crippen LogP contribution in [0.3, 0.4) is 0 Å². The summed E-state index contributed by atoms with van der Waals surface area (Å²) in [6, 6.07) is 0. The number of piperidine rings is 1. The molecule has 5 nitrogen and oxygen atoms in total. The second-order valence-electron chi connectivity index (χ2n) is 4.22. The molecule has 2 rings (SSSR count). The highest BCUT2D eigenvalue weighted by Crippen LogP contribution is 2.12. The highest BCUT2D eigenvalue weighted by molar-refractivity contribution is 6.35. The average Bonchev–Trinajstić information content (AvgIpc) is 2.26. The van der Waals surface area contributed by atoms with E-state index in [4.69, 9.17) is 0 Å². The number of nitrogens with one attached hydrogen (secondary N) is 2. The number of hydrogen-bond donors (Lipinski definition) is 2. The van der Waals surface area contributed by atoms with Crippen LogP contribution in [-0.2, 0) is 9.59 Å². The first-order chi connectivity index (χ1) is 7.27. The molecule has 5 heteroatoms. The van der Waals surface area contributed by atoms with E-state index in [-0.39, 0.29) is 5.91 Å². The Morgan fingerprint density at radius 2 is 2.20 bits per heavy atom. The van der Waals surface area contributed by atoms with Gasteiger partial charge in [-0.05, 0) is 31.8 Å². The Morgan fingerprint density at radius 1 is 1.33 bits per heavy atom. The van der Waals surface area contributed by atoms with E-state index in [1.165, 1.54) is 6.42 Å². The average molecular weight is 211 g/mol. The molecule has 2 amide bonds. The van der Waals surface area contributed by atoms with E-state index >= 15 is 0 Å². The predicted octanol–water partition coefficient (Wildman–Crippen LogP) is -1.06. The molecular formula is C10H17N3O2. The zero-order chi connectivity index (χ0) is 10.7. The second-order valence-corrected chi connectivity index (χ2v) is 4.22. The summed E-state index contributed by atoms with van der Waals surface area (Å²) in [5, 5.41) is 5.87. The SMILES string of the molecule is O=C1NCCN(CC2CCCNC2)C1=O. The first-order valence-electron chi connectivity index (χ1n) is 5.55. The van der Waals surface area contributed by atoms with Gasteiger partial charge in [0.25, 0.3) is 0 Å². The van der Waals surface area contributed by atoms with Gasteiger partial charge in [0.2, 0.25) is 0 Å². The quantitative estimate of drug-likeness (QED) is 0.573. The minimum Gasteiger partial charge on any atom is -0.346 e. The van der Waals surface area contributed by atoms with E-state index in [1.54, 1.807) is 4.90 Å². The van der Waals surface area contributed by atoms with E-state index in [0.717, 1.165) is 26.1 Å². The van der Waals surface area contributed by atoms with Gasteiger partial charge < -0.3 is 15.5 Å². The van der Waals surface area contributed by atoms with Gasteiger partial charge in [-0.15, -0.1) is 0 Å². The summed E-state index contributed by atoms with van der Waals surface area (Å²) in [6.07, 6.45) is 2.32. The predicted molar refractivity (Wildman–Crippen MR) is 55.2 cm³/mol. The largest absolute Gasteiger partial charge is 0.346 e. The van der Waals surface area contributed by atoms with E-state index in [1.807, 2.05) is 0 Å². The molecule has 2 saturated heterocycles. The van der Waals surface area contributed by atoms with Crippen molar-refractivity contribution in [2.75, 3.05) is 32.7 Å². The molecule has 0 saturated carbocycles. The smallest absolute Gasteiger partial charge is 0.311 e. The van der Waals surface area contributed by atoms with Crippen LogP contribution in [0.25, 0.3) is 0 Å². The number of carbonyl (C=O) groups is 2. The minimum absolute atomic E-state index is 0.369. The standard InChI is InChI=1S/C10H17N3O2/c14-9-10(15)13(5-4-12-9)7-8-2-1-3-11-6-8/h8,11H,1-7H2,(H,12,14). The van der Waals surface area contributed by atoms with Crippen molar-refractivity contribution in [3.05, 3.63) is 0 Å². The van der Waals surface area contributed by atoms with Crippen LogP contribution in [0.15, 0.2) is 0 Å². The van der Waals surface area contributed by atoms with Crippen LogP contribution < -0.4 is 10.6 Å². The molecule has 2 heterocycles. The number of hydrogen-bond acceptors (Lipinski definition) is 3. The van der Waals surface area contributed by atoms with E-state index in [2.05, 4.69) is 10.6 Å². The lowest BCUT2D eigenvalue weighted by molar-refractivity contribution is -0.148. The summed E-state index contributed by atoms with van der Waals surface area (Å²) in [4.78, 5) is 24.3. The molecule has 0 bridgehead atoms.